The number of fused-ring (bicyclic) bond motifs is 1. The van der Waals surface area contributed by atoms with Gasteiger partial charge >= 0.3 is 0 Å². The second kappa shape index (κ2) is 5.78. The minimum atomic E-state index is -0.284. The lowest BCUT2D eigenvalue weighted by molar-refractivity contribution is 0.305. The maximum absolute atomic E-state index is 12.7. The van der Waals surface area contributed by atoms with Gasteiger partial charge in [-0.25, -0.2) is 4.98 Å². The van der Waals surface area contributed by atoms with Crippen molar-refractivity contribution in [3.63, 3.8) is 0 Å². The van der Waals surface area contributed by atoms with Gasteiger partial charge in [0.1, 0.15) is 5.82 Å². The molecule has 0 spiro atoms. The summed E-state index contributed by atoms with van der Waals surface area (Å²) in [7, 11) is 2.11. The number of alkyl halides is 1. The number of aromatic nitrogens is 2. The van der Waals surface area contributed by atoms with E-state index in [1.54, 1.807) is 4.57 Å². The fourth-order valence-corrected chi connectivity index (χ4v) is 2.83. The lowest BCUT2D eigenvalue weighted by Crippen LogP contribution is -2.32. The third-order valence-electron chi connectivity index (χ3n) is 4.09. The van der Waals surface area contributed by atoms with Gasteiger partial charge in [0.15, 0.2) is 0 Å². The Kier molecular flexibility index (Phi) is 4.00. The van der Waals surface area contributed by atoms with Crippen molar-refractivity contribution >= 4 is 22.5 Å². The molecule has 4 nitrogen and oxygen atoms in total. The number of benzene rings is 1. The molecule has 1 unspecified atom stereocenters. The van der Waals surface area contributed by atoms with E-state index in [0.717, 1.165) is 12.1 Å². The van der Waals surface area contributed by atoms with Crippen LogP contribution in [-0.4, -0.2) is 34.1 Å². The molecule has 0 bridgehead atoms. The van der Waals surface area contributed by atoms with E-state index in [1.165, 1.54) is 12.8 Å². The molecule has 1 aliphatic carbocycles. The topological polar surface area (TPSA) is 38.1 Å². The van der Waals surface area contributed by atoms with Gasteiger partial charge in [-0.3, -0.25) is 9.36 Å². The Hall–Kier alpha value is -1.39. The third kappa shape index (κ3) is 2.97. The van der Waals surface area contributed by atoms with Gasteiger partial charge in [-0.05, 0) is 38.9 Å². The Morgan fingerprint density at radius 3 is 2.81 bits per heavy atom. The number of hydrogen-bond donors (Lipinski definition) is 0. The minimum Gasteiger partial charge on any atom is -0.302 e. The first-order valence-corrected chi connectivity index (χ1v) is 7.85. The third-order valence-corrected chi connectivity index (χ3v) is 4.29. The molecule has 1 aromatic heterocycles. The van der Waals surface area contributed by atoms with Crippen molar-refractivity contribution < 1.29 is 0 Å². The summed E-state index contributed by atoms with van der Waals surface area (Å²) >= 11 is 6.24. The van der Waals surface area contributed by atoms with E-state index in [2.05, 4.69) is 16.9 Å². The predicted molar refractivity (Wildman–Crippen MR) is 85.9 cm³/mol. The molecule has 1 aromatic carbocycles. The smallest absolute Gasteiger partial charge is 0.261 e. The van der Waals surface area contributed by atoms with Crippen LogP contribution in [0.25, 0.3) is 10.9 Å². The molecular weight excluding hydrogens is 286 g/mol. The van der Waals surface area contributed by atoms with E-state index in [1.807, 2.05) is 31.2 Å². The second-order valence-electron chi connectivity index (χ2n) is 5.77. The van der Waals surface area contributed by atoms with Crippen LogP contribution in [0.4, 0.5) is 0 Å². The average molecular weight is 306 g/mol. The highest BCUT2D eigenvalue weighted by Gasteiger charge is 2.26. The summed E-state index contributed by atoms with van der Waals surface area (Å²) in [5, 5.41) is 0.376. The standard InChI is InChI=1S/C16H20ClN3O/c1-11(17)15-18-14-6-4-3-5-13(14)16(21)20(15)10-9-19(2)12-7-8-12/h3-6,11-12H,7-10H2,1-2H3. The Bertz CT molecular complexity index is 706. The molecule has 112 valence electrons. The van der Waals surface area contributed by atoms with E-state index in [9.17, 15) is 4.79 Å². The van der Waals surface area contributed by atoms with Crippen LogP contribution in [0.3, 0.4) is 0 Å². The van der Waals surface area contributed by atoms with Gasteiger partial charge in [-0.1, -0.05) is 12.1 Å². The van der Waals surface area contributed by atoms with Crippen molar-refractivity contribution in [2.24, 2.45) is 0 Å². The van der Waals surface area contributed by atoms with E-state index in [0.29, 0.717) is 23.8 Å². The maximum Gasteiger partial charge on any atom is 0.261 e. The molecule has 1 aliphatic rings. The normalized spacial score (nSPS) is 16.6. The van der Waals surface area contributed by atoms with Gasteiger partial charge < -0.3 is 4.90 Å². The molecule has 0 saturated heterocycles. The molecule has 0 radical (unpaired) electrons. The molecule has 3 rings (SSSR count). The number of nitrogens with zero attached hydrogens (tertiary/aromatic N) is 3. The summed E-state index contributed by atoms with van der Waals surface area (Å²) in [6.45, 7) is 3.34. The van der Waals surface area contributed by atoms with Crippen molar-refractivity contribution in [1.82, 2.24) is 14.5 Å². The summed E-state index contributed by atoms with van der Waals surface area (Å²) in [4.78, 5) is 19.6. The first-order valence-electron chi connectivity index (χ1n) is 7.41. The Morgan fingerprint density at radius 1 is 1.43 bits per heavy atom. The lowest BCUT2D eigenvalue weighted by atomic mass is 10.2. The molecule has 21 heavy (non-hydrogen) atoms. The summed E-state index contributed by atoms with van der Waals surface area (Å²) in [6, 6.07) is 8.14. The Balaban J connectivity index is 1.99. The number of halogens is 1. The number of hydrogen-bond acceptors (Lipinski definition) is 3. The molecule has 0 N–H and O–H groups in total. The quantitative estimate of drug-likeness (QED) is 0.797. The van der Waals surface area contributed by atoms with Crippen LogP contribution in [0.15, 0.2) is 29.1 Å². The zero-order valence-electron chi connectivity index (χ0n) is 12.4. The van der Waals surface area contributed by atoms with Crippen LogP contribution in [0.1, 0.15) is 31.0 Å². The summed E-state index contributed by atoms with van der Waals surface area (Å²) in [5.74, 6) is 0.657. The fraction of sp³-hybridized carbons (Fsp3) is 0.500. The van der Waals surface area contributed by atoms with Crippen LogP contribution in [0.5, 0.6) is 0 Å². The lowest BCUT2D eigenvalue weighted by Gasteiger charge is -2.19. The zero-order chi connectivity index (χ0) is 15.0. The van der Waals surface area contributed by atoms with E-state index >= 15 is 0 Å². The summed E-state index contributed by atoms with van der Waals surface area (Å²) < 4.78 is 1.74. The Labute approximate surface area is 129 Å². The summed E-state index contributed by atoms with van der Waals surface area (Å²) in [5.41, 5.74) is 0.726. The molecule has 1 saturated carbocycles. The van der Waals surface area contributed by atoms with Crippen LogP contribution in [-0.2, 0) is 6.54 Å². The molecule has 1 atom stereocenters. The largest absolute Gasteiger partial charge is 0.302 e. The maximum atomic E-state index is 12.7. The van der Waals surface area contributed by atoms with E-state index < -0.39 is 0 Å². The Morgan fingerprint density at radius 2 is 2.14 bits per heavy atom. The van der Waals surface area contributed by atoms with E-state index in [-0.39, 0.29) is 10.9 Å². The molecule has 1 heterocycles. The second-order valence-corrected chi connectivity index (χ2v) is 6.43. The van der Waals surface area contributed by atoms with Gasteiger partial charge in [0, 0.05) is 19.1 Å². The minimum absolute atomic E-state index is 0.00676. The van der Waals surface area contributed by atoms with Gasteiger partial charge in [0.2, 0.25) is 0 Å². The van der Waals surface area contributed by atoms with Crippen molar-refractivity contribution in [3.05, 3.63) is 40.4 Å². The van der Waals surface area contributed by atoms with Crippen molar-refractivity contribution in [3.8, 4) is 0 Å². The monoisotopic (exact) mass is 305 g/mol. The molecule has 1 fully saturated rings. The van der Waals surface area contributed by atoms with Crippen LogP contribution in [0, 0.1) is 0 Å². The van der Waals surface area contributed by atoms with Crippen LogP contribution < -0.4 is 5.56 Å². The molecule has 0 amide bonds. The fourth-order valence-electron chi connectivity index (χ4n) is 2.66. The average Bonchev–Trinajstić information content (AvgIpc) is 3.30. The highest BCUT2D eigenvalue weighted by atomic mass is 35.5. The predicted octanol–water partition coefficient (Wildman–Crippen LogP) is 2.79. The van der Waals surface area contributed by atoms with Crippen molar-refractivity contribution in [2.45, 2.75) is 37.7 Å². The van der Waals surface area contributed by atoms with Crippen molar-refractivity contribution in [2.75, 3.05) is 13.6 Å². The molecule has 5 heteroatoms. The molecular formula is C16H20ClN3O. The first kappa shape index (κ1) is 14.5. The van der Waals surface area contributed by atoms with Crippen LogP contribution in [0.2, 0.25) is 0 Å². The number of para-hydroxylation sites is 1. The van der Waals surface area contributed by atoms with Gasteiger partial charge in [0.05, 0.1) is 16.3 Å². The number of likely N-dealkylation sites (N-methyl/N-ethyl adjacent to an activating group) is 1. The van der Waals surface area contributed by atoms with Gasteiger partial charge in [-0.2, -0.15) is 0 Å². The first-order chi connectivity index (χ1) is 10.1. The summed E-state index contributed by atoms with van der Waals surface area (Å²) in [6.07, 6.45) is 2.53. The van der Waals surface area contributed by atoms with E-state index in [4.69, 9.17) is 11.6 Å². The van der Waals surface area contributed by atoms with Crippen molar-refractivity contribution in [1.29, 1.82) is 0 Å². The highest BCUT2D eigenvalue weighted by molar-refractivity contribution is 6.20. The molecule has 0 aliphatic heterocycles. The highest BCUT2D eigenvalue weighted by Crippen LogP contribution is 2.25. The van der Waals surface area contributed by atoms with Gasteiger partial charge in [-0.15, -0.1) is 11.6 Å². The zero-order valence-corrected chi connectivity index (χ0v) is 13.2. The SMILES string of the molecule is CC(Cl)c1nc2ccccc2c(=O)n1CCN(C)C1CC1. The van der Waals surface area contributed by atoms with Crippen LogP contribution >= 0.6 is 11.6 Å². The van der Waals surface area contributed by atoms with Gasteiger partial charge in [0.25, 0.3) is 5.56 Å². The number of rotatable bonds is 5. The molecule has 2 aromatic rings.